The molecule has 3 heterocycles. The van der Waals surface area contributed by atoms with E-state index >= 15 is 0 Å². The van der Waals surface area contributed by atoms with Crippen LogP contribution in [0.3, 0.4) is 0 Å². The zero-order valence-corrected chi connectivity index (χ0v) is 15.2. The van der Waals surface area contributed by atoms with E-state index in [0.717, 1.165) is 24.0 Å². The monoisotopic (exact) mass is 370 g/mol. The van der Waals surface area contributed by atoms with Crippen LogP contribution in [0.4, 0.5) is 0 Å². The van der Waals surface area contributed by atoms with Crippen LogP contribution in [0.2, 0.25) is 0 Å². The molecule has 0 aromatic carbocycles. The molecule has 0 aliphatic carbocycles. The molecule has 0 radical (unpaired) electrons. The van der Waals surface area contributed by atoms with Crippen LogP contribution in [0.5, 0.6) is 0 Å². The maximum absolute atomic E-state index is 12.1. The summed E-state index contributed by atoms with van der Waals surface area (Å²) in [5.74, 6) is 0.215. The Labute approximate surface area is 146 Å². The summed E-state index contributed by atoms with van der Waals surface area (Å²) in [6, 6.07) is 3.93. The number of carbonyl (C=O) groups is 1. The molecule has 1 amide bonds. The Morgan fingerprint density at radius 3 is 2.92 bits per heavy atom. The lowest BCUT2D eigenvalue weighted by atomic mass is 9.83. The Hall–Kier alpha value is -1.22. The number of nitrogens with one attached hydrogen (secondary N) is 1. The lowest BCUT2D eigenvalue weighted by Crippen LogP contribution is -2.66. The first-order chi connectivity index (χ1) is 11.4. The average molecular weight is 370 g/mol. The molecule has 24 heavy (non-hydrogen) atoms. The summed E-state index contributed by atoms with van der Waals surface area (Å²) in [6.45, 7) is 2.19. The first-order valence-corrected chi connectivity index (χ1v) is 10.7. The van der Waals surface area contributed by atoms with Gasteiger partial charge in [-0.05, 0) is 36.3 Å². The average Bonchev–Trinajstić information content (AvgIpc) is 3.01. The molecule has 1 aromatic heterocycles. The zero-order chi connectivity index (χ0) is 17.2. The van der Waals surface area contributed by atoms with Gasteiger partial charge in [-0.3, -0.25) is 4.79 Å². The number of thiophene rings is 1. The molecule has 132 valence electrons. The van der Waals surface area contributed by atoms with Gasteiger partial charge in [0.25, 0.3) is 0 Å². The summed E-state index contributed by atoms with van der Waals surface area (Å²) in [6.07, 6.45) is 6.39. The van der Waals surface area contributed by atoms with Crippen LogP contribution in [-0.2, 0) is 19.6 Å². The van der Waals surface area contributed by atoms with Gasteiger partial charge in [-0.1, -0.05) is 6.07 Å². The lowest BCUT2D eigenvalue weighted by molar-refractivity contribution is -0.185. The highest BCUT2D eigenvalue weighted by atomic mass is 32.2. The van der Waals surface area contributed by atoms with Crippen LogP contribution in [-0.4, -0.2) is 57.3 Å². The van der Waals surface area contributed by atoms with Gasteiger partial charge < -0.3 is 9.64 Å². The van der Waals surface area contributed by atoms with Crippen LogP contribution < -0.4 is 4.72 Å². The van der Waals surface area contributed by atoms with Crippen LogP contribution in [0.1, 0.15) is 17.7 Å². The fraction of sp³-hybridized carbons (Fsp3) is 0.562. The second-order valence-electron chi connectivity index (χ2n) is 6.56. The van der Waals surface area contributed by atoms with Crippen molar-refractivity contribution in [3.63, 3.8) is 0 Å². The van der Waals surface area contributed by atoms with Gasteiger partial charge in [0.05, 0.1) is 26.0 Å². The lowest BCUT2D eigenvalue weighted by Gasteiger charge is -2.52. The van der Waals surface area contributed by atoms with Gasteiger partial charge >= 0.3 is 0 Å². The number of carbonyl (C=O) groups excluding carboxylic acids is 1. The van der Waals surface area contributed by atoms with Gasteiger partial charge in [-0.25, -0.2) is 13.1 Å². The molecule has 2 fully saturated rings. The Balaban J connectivity index is 1.42. The molecular formula is C16H22N2O4S2. The fourth-order valence-corrected chi connectivity index (χ4v) is 4.20. The predicted molar refractivity (Wildman–Crippen MR) is 94.2 cm³/mol. The molecule has 2 aliphatic rings. The smallest absolute Gasteiger partial charge is 0.246 e. The first-order valence-electron chi connectivity index (χ1n) is 7.94. The summed E-state index contributed by atoms with van der Waals surface area (Å²) >= 11 is 1.60. The molecule has 1 N–H and O–H groups in total. The largest absolute Gasteiger partial charge is 0.371 e. The minimum absolute atomic E-state index is 0.0125. The van der Waals surface area contributed by atoms with Crippen molar-refractivity contribution >= 4 is 33.3 Å². The third-order valence-corrected chi connectivity index (χ3v) is 6.00. The second kappa shape index (κ2) is 6.95. The van der Waals surface area contributed by atoms with E-state index in [4.69, 9.17) is 4.74 Å². The topological polar surface area (TPSA) is 75.7 Å². The van der Waals surface area contributed by atoms with E-state index in [-0.39, 0.29) is 17.4 Å². The van der Waals surface area contributed by atoms with Crippen molar-refractivity contribution in [1.29, 1.82) is 0 Å². The highest BCUT2D eigenvalue weighted by Gasteiger charge is 2.47. The van der Waals surface area contributed by atoms with Gasteiger partial charge in [0.2, 0.25) is 15.9 Å². The minimum atomic E-state index is -3.15. The zero-order valence-electron chi connectivity index (χ0n) is 13.6. The summed E-state index contributed by atoms with van der Waals surface area (Å²) < 4.78 is 30.8. The first kappa shape index (κ1) is 17.6. The molecular weight excluding hydrogens is 348 g/mol. The van der Waals surface area contributed by atoms with E-state index in [1.165, 1.54) is 0 Å². The van der Waals surface area contributed by atoms with Crippen LogP contribution in [0.25, 0.3) is 6.08 Å². The van der Waals surface area contributed by atoms with Crippen molar-refractivity contribution in [2.45, 2.75) is 18.4 Å². The van der Waals surface area contributed by atoms with Gasteiger partial charge in [-0.15, -0.1) is 11.3 Å². The van der Waals surface area contributed by atoms with Crippen LogP contribution in [0.15, 0.2) is 23.6 Å². The van der Waals surface area contributed by atoms with Gasteiger partial charge in [0.15, 0.2) is 0 Å². The third kappa shape index (κ3) is 4.44. The maximum atomic E-state index is 12.1. The maximum Gasteiger partial charge on any atom is 0.246 e. The molecule has 6 nitrogen and oxygen atoms in total. The Morgan fingerprint density at radius 1 is 1.54 bits per heavy atom. The van der Waals surface area contributed by atoms with Gasteiger partial charge in [0, 0.05) is 17.5 Å². The van der Waals surface area contributed by atoms with Crippen molar-refractivity contribution in [1.82, 2.24) is 9.62 Å². The molecule has 1 atom stereocenters. The number of ether oxygens (including phenoxy) is 1. The molecule has 8 heteroatoms. The molecule has 2 saturated heterocycles. The van der Waals surface area contributed by atoms with Crippen molar-refractivity contribution < 1.29 is 17.9 Å². The summed E-state index contributed by atoms with van der Waals surface area (Å²) in [7, 11) is -3.15. The number of hydrogen-bond acceptors (Lipinski definition) is 5. The van der Waals surface area contributed by atoms with Crippen LogP contribution in [0, 0.1) is 5.92 Å². The Bertz CT molecular complexity index is 696. The van der Waals surface area contributed by atoms with E-state index < -0.39 is 10.0 Å². The number of nitrogens with zero attached hydrogens (tertiary/aromatic N) is 1. The third-order valence-electron chi connectivity index (χ3n) is 4.47. The van der Waals surface area contributed by atoms with E-state index in [1.54, 1.807) is 22.3 Å². The fourth-order valence-electron chi connectivity index (χ4n) is 3.05. The standard InChI is InChI=1S/C16H22N2O4S2/c1-24(20,21)17-9-13-6-7-16(22-10-13)11-18(12-16)15(19)5-4-14-3-2-8-23-14/h2-5,8,13,17H,6-7,9-12H2,1H3/b5-4+. The van der Waals surface area contributed by atoms with E-state index in [0.29, 0.717) is 26.2 Å². The summed E-state index contributed by atoms with van der Waals surface area (Å²) in [4.78, 5) is 15.0. The predicted octanol–water partition coefficient (Wildman–Crippen LogP) is 1.32. The van der Waals surface area contributed by atoms with Crippen molar-refractivity contribution in [2.24, 2.45) is 5.92 Å². The molecule has 0 saturated carbocycles. The number of amides is 1. The SMILES string of the molecule is CS(=O)(=O)NCC1CCC2(CN(C(=O)/C=C/c3cccs3)C2)OC1. The summed E-state index contributed by atoms with van der Waals surface area (Å²) in [5, 5.41) is 1.98. The number of likely N-dealkylation sites (tertiary alicyclic amines) is 1. The Morgan fingerprint density at radius 2 is 2.33 bits per heavy atom. The molecule has 3 rings (SSSR count). The van der Waals surface area contributed by atoms with E-state index in [1.807, 2.05) is 23.6 Å². The highest BCUT2D eigenvalue weighted by molar-refractivity contribution is 7.88. The van der Waals surface area contributed by atoms with Crippen molar-refractivity contribution in [3.05, 3.63) is 28.5 Å². The number of rotatable bonds is 5. The molecule has 0 bridgehead atoms. The van der Waals surface area contributed by atoms with Gasteiger partial charge in [0.1, 0.15) is 5.60 Å². The number of hydrogen-bond donors (Lipinski definition) is 1. The molecule has 2 aliphatic heterocycles. The van der Waals surface area contributed by atoms with Crippen LogP contribution >= 0.6 is 11.3 Å². The minimum Gasteiger partial charge on any atom is -0.371 e. The van der Waals surface area contributed by atoms with E-state index in [2.05, 4.69) is 4.72 Å². The molecule has 1 spiro atoms. The molecule has 1 unspecified atom stereocenters. The molecule has 1 aromatic rings. The highest BCUT2D eigenvalue weighted by Crippen LogP contribution is 2.36. The number of sulfonamides is 1. The quantitative estimate of drug-likeness (QED) is 0.793. The van der Waals surface area contributed by atoms with Gasteiger partial charge in [-0.2, -0.15) is 0 Å². The van der Waals surface area contributed by atoms with E-state index in [9.17, 15) is 13.2 Å². The van der Waals surface area contributed by atoms with Crippen molar-refractivity contribution in [3.8, 4) is 0 Å². The summed E-state index contributed by atoms with van der Waals surface area (Å²) in [5.41, 5.74) is -0.228. The normalized spacial score (nSPS) is 23.5. The Kier molecular flexibility index (Phi) is 5.10. The second-order valence-corrected chi connectivity index (χ2v) is 9.37. The van der Waals surface area contributed by atoms with Crippen molar-refractivity contribution in [2.75, 3.05) is 32.5 Å².